The molecule has 0 rings (SSSR count). The lowest BCUT2D eigenvalue weighted by molar-refractivity contribution is -0.139. The summed E-state index contributed by atoms with van der Waals surface area (Å²) in [7, 11) is 0. The Balaban J connectivity index is 3.73. The second kappa shape index (κ2) is 8.19. The molecule has 1 unspecified atom stereocenters. The van der Waals surface area contributed by atoms with Crippen molar-refractivity contribution >= 4 is 11.9 Å². The van der Waals surface area contributed by atoms with E-state index in [2.05, 4.69) is 5.32 Å². The molecular weight excluding hydrogens is 198 g/mol. The molecule has 1 amide bonds. The Bertz CT molecular complexity index is 209. The zero-order chi connectivity index (χ0) is 11.7. The maximum atomic E-state index is 10.7. The fourth-order valence-corrected chi connectivity index (χ4v) is 1.15. The van der Waals surface area contributed by atoms with Crippen molar-refractivity contribution in [2.45, 2.75) is 31.7 Å². The summed E-state index contributed by atoms with van der Waals surface area (Å²) in [6, 6.07) is -0.699. The maximum absolute atomic E-state index is 10.7. The molecule has 1 atom stereocenters. The minimum Gasteiger partial charge on any atom is -0.480 e. The molecule has 88 valence electrons. The molecule has 0 aliphatic heterocycles. The maximum Gasteiger partial charge on any atom is 0.320 e. The van der Waals surface area contributed by atoms with Gasteiger partial charge >= 0.3 is 5.97 Å². The van der Waals surface area contributed by atoms with Gasteiger partial charge in [-0.3, -0.25) is 9.59 Å². The fraction of sp³-hybridized carbons (Fsp3) is 0.778. The molecule has 6 nitrogen and oxygen atoms in total. The topological polar surface area (TPSA) is 118 Å². The van der Waals surface area contributed by atoms with E-state index in [1.54, 1.807) is 0 Å². The van der Waals surface area contributed by atoms with Gasteiger partial charge in [0, 0.05) is 6.42 Å². The number of carboxylic acid groups (broad SMARTS) is 1. The quantitative estimate of drug-likeness (QED) is 0.371. The first kappa shape index (κ1) is 13.9. The average molecular weight is 217 g/mol. The number of rotatable bonds is 9. The summed E-state index contributed by atoms with van der Waals surface area (Å²) in [5.74, 6) is -1.44. The number of hydrogen-bond donors (Lipinski definition) is 4. The Hall–Kier alpha value is -1.14. The van der Waals surface area contributed by atoms with Crippen LogP contribution in [0.5, 0.6) is 0 Å². The third-order valence-corrected chi connectivity index (χ3v) is 2.00. The van der Waals surface area contributed by atoms with Crippen molar-refractivity contribution in [3.8, 4) is 0 Å². The molecule has 0 aromatic heterocycles. The van der Waals surface area contributed by atoms with Crippen LogP contribution in [0, 0.1) is 0 Å². The first-order valence-corrected chi connectivity index (χ1v) is 5.02. The molecular formula is C9H19N3O3. The summed E-state index contributed by atoms with van der Waals surface area (Å²) in [6.07, 6.45) is 2.00. The molecule has 0 aromatic rings. The molecule has 0 aromatic carbocycles. The molecule has 0 saturated heterocycles. The van der Waals surface area contributed by atoms with Crippen LogP contribution in [0.4, 0.5) is 0 Å². The predicted octanol–water partition coefficient (Wildman–Crippen LogP) is -0.966. The molecule has 0 aliphatic rings. The highest BCUT2D eigenvalue weighted by molar-refractivity contribution is 5.77. The van der Waals surface area contributed by atoms with Crippen LogP contribution < -0.4 is 16.8 Å². The number of carbonyl (C=O) groups excluding carboxylic acids is 1. The largest absolute Gasteiger partial charge is 0.480 e. The first-order chi connectivity index (χ1) is 7.07. The van der Waals surface area contributed by atoms with Crippen molar-refractivity contribution in [1.82, 2.24) is 5.32 Å². The highest BCUT2D eigenvalue weighted by atomic mass is 16.4. The molecule has 0 spiro atoms. The van der Waals surface area contributed by atoms with Gasteiger partial charge in [-0.2, -0.15) is 0 Å². The number of aliphatic carboxylic acids is 1. The van der Waals surface area contributed by atoms with Gasteiger partial charge < -0.3 is 21.9 Å². The average Bonchev–Trinajstić information content (AvgIpc) is 2.15. The number of hydrogen-bond acceptors (Lipinski definition) is 4. The minimum atomic E-state index is -0.955. The number of carboxylic acids is 1. The van der Waals surface area contributed by atoms with E-state index >= 15 is 0 Å². The molecule has 0 heterocycles. The summed E-state index contributed by atoms with van der Waals surface area (Å²) < 4.78 is 0. The van der Waals surface area contributed by atoms with Crippen LogP contribution >= 0.6 is 0 Å². The molecule has 15 heavy (non-hydrogen) atoms. The van der Waals surface area contributed by atoms with E-state index in [0.717, 1.165) is 12.8 Å². The summed E-state index contributed by atoms with van der Waals surface area (Å²) in [4.78, 5) is 21.2. The van der Waals surface area contributed by atoms with E-state index in [1.165, 1.54) is 0 Å². The molecule has 0 radical (unpaired) electrons. The second-order valence-corrected chi connectivity index (χ2v) is 3.35. The van der Waals surface area contributed by atoms with E-state index in [9.17, 15) is 9.59 Å². The highest BCUT2D eigenvalue weighted by Gasteiger charge is 2.16. The Labute approximate surface area is 89.0 Å². The predicted molar refractivity (Wildman–Crippen MR) is 56.1 cm³/mol. The summed E-state index contributed by atoms with van der Waals surface area (Å²) >= 11 is 0. The van der Waals surface area contributed by atoms with Crippen LogP contribution in [-0.4, -0.2) is 36.1 Å². The number of nitrogens with one attached hydrogen (secondary N) is 1. The molecule has 6 heteroatoms. The van der Waals surface area contributed by atoms with Crippen LogP contribution in [-0.2, 0) is 9.59 Å². The molecule has 0 aliphatic carbocycles. The monoisotopic (exact) mass is 217 g/mol. The van der Waals surface area contributed by atoms with Gasteiger partial charge in [-0.25, -0.2) is 0 Å². The summed E-state index contributed by atoms with van der Waals surface area (Å²) in [5, 5.41) is 11.6. The van der Waals surface area contributed by atoms with Crippen molar-refractivity contribution in [3.63, 3.8) is 0 Å². The van der Waals surface area contributed by atoms with Crippen molar-refractivity contribution in [1.29, 1.82) is 0 Å². The molecule has 6 N–H and O–H groups in total. The number of carbonyl (C=O) groups is 2. The van der Waals surface area contributed by atoms with Crippen LogP contribution in [0.1, 0.15) is 25.7 Å². The lowest BCUT2D eigenvalue weighted by Crippen LogP contribution is -2.38. The molecule has 0 fully saturated rings. The van der Waals surface area contributed by atoms with Crippen molar-refractivity contribution < 1.29 is 14.7 Å². The van der Waals surface area contributed by atoms with E-state index in [-0.39, 0.29) is 12.8 Å². The zero-order valence-electron chi connectivity index (χ0n) is 8.74. The number of nitrogens with two attached hydrogens (primary N) is 2. The van der Waals surface area contributed by atoms with Crippen LogP contribution in [0.25, 0.3) is 0 Å². The van der Waals surface area contributed by atoms with Gasteiger partial charge in [0.2, 0.25) is 5.91 Å². The van der Waals surface area contributed by atoms with E-state index < -0.39 is 17.9 Å². The third kappa shape index (κ3) is 7.90. The Morgan fingerprint density at radius 3 is 2.47 bits per heavy atom. The fourth-order valence-electron chi connectivity index (χ4n) is 1.15. The van der Waals surface area contributed by atoms with Gasteiger partial charge in [0.25, 0.3) is 0 Å². The Morgan fingerprint density at radius 1 is 1.33 bits per heavy atom. The van der Waals surface area contributed by atoms with Gasteiger partial charge in [0.15, 0.2) is 0 Å². The lowest BCUT2D eigenvalue weighted by Gasteiger charge is -2.13. The van der Waals surface area contributed by atoms with E-state index in [0.29, 0.717) is 13.1 Å². The van der Waals surface area contributed by atoms with E-state index in [4.69, 9.17) is 16.6 Å². The summed E-state index contributed by atoms with van der Waals surface area (Å²) in [5.41, 5.74) is 10.2. The molecule has 0 saturated carbocycles. The van der Waals surface area contributed by atoms with Crippen LogP contribution in [0.3, 0.4) is 0 Å². The van der Waals surface area contributed by atoms with Crippen LogP contribution in [0.15, 0.2) is 0 Å². The Morgan fingerprint density at radius 2 is 2.00 bits per heavy atom. The smallest absolute Gasteiger partial charge is 0.320 e. The third-order valence-electron chi connectivity index (χ3n) is 2.00. The number of primary amides is 1. The van der Waals surface area contributed by atoms with Gasteiger partial charge in [-0.05, 0) is 32.4 Å². The number of amides is 1. The zero-order valence-corrected chi connectivity index (χ0v) is 8.74. The first-order valence-electron chi connectivity index (χ1n) is 5.02. The van der Waals surface area contributed by atoms with E-state index in [1.807, 2.05) is 0 Å². The second-order valence-electron chi connectivity index (χ2n) is 3.35. The normalized spacial score (nSPS) is 12.3. The number of unbranched alkanes of at least 4 members (excludes halogenated alkanes) is 1. The Kier molecular flexibility index (Phi) is 7.57. The highest BCUT2D eigenvalue weighted by Crippen LogP contribution is 1.97. The van der Waals surface area contributed by atoms with Gasteiger partial charge in [0.1, 0.15) is 6.04 Å². The van der Waals surface area contributed by atoms with Crippen molar-refractivity contribution in [3.05, 3.63) is 0 Å². The van der Waals surface area contributed by atoms with Gasteiger partial charge in [-0.15, -0.1) is 0 Å². The van der Waals surface area contributed by atoms with Gasteiger partial charge in [0.05, 0.1) is 0 Å². The minimum absolute atomic E-state index is 0.0842. The van der Waals surface area contributed by atoms with Crippen molar-refractivity contribution in [2.24, 2.45) is 11.5 Å². The lowest BCUT2D eigenvalue weighted by atomic mass is 10.1. The van der Waals surface area contributed by atoms with Crippen LogP contribution in [0.2, 0.25) is 0 Å². The summed E-state index contributed by atoms with van der Waals surface area (Å²) in [6.45, 7) is 1.19. The van der Waals surface area contributed by atoms with Crippen molar-refractivity contribution in [2.75, 3.05) is 13.1 Å². The van der Waals surface area contributed by atoms with Gasteiger partial charge in [-0.1, -0.05) is 0 Å². The standard InChI is InChI=1S/C9H19N3O3/c10-5-1-2-6-12-7(9(14)15)3-4-8(11)13/h7,12H,1-6,10H2,(H2,11,13)(H,14,15). The molecule has 0 bridgehead atoms. The SMILES string of the molecule is NCCCCNC(CCC(N)=O)C(=O)O.